The van der Waals surface area contributed by atoms with E-state index in [2.05, 4.69) is 4.98 Å². The van der Waals surface area contributed by atoms with Crippen molar-refractivity contribution in [1.82, 2.24) is 9.88 Å². The van der Waals surface area contributed by atoms with Gasteiger partial charge in [0.25, 0.3) is 17.5 Å². The summed E-state index contributed by atoms with van der Waals surface area (Å²) in [6, 6.07) is 2.58. The molecule has 1 aliphatic rings. The van der Waals surface area contributed by atoms with Crippen LogP contribution in [0.25, 0.3) is 0 Å². The maximum Gasteiger partial charge on any atom is 0.440 e. The van der Waals surface area contributed by atoms with Crippen LogP contribution in [0.15, 0.2) is 18.3 Å². The number of amides is 2. The zero-order valence-corrected chi connectivity index (χ0v) is 10.4. The fourth-order valence-corrected chi connectivity index (χ4v) is 2.16. The average molecular weight is 288 g/mol. The normalized spacial score (nSPS) is 22.2. The van der Waals surface area contributed by atoms with Crippen LogP contribution in [-0.2, 0) is 4.79 Å². The van der Waals surface area contributed by atoms with Crippen LogP contribution in [0.1, 0.15) is 17.4 Å². The van der Waals surface area contributed by atoms with E-state index in [1.54, 1.807) is 0 Å². The Balaban J connectivity index is 2.70. The summed E-state index contributed by atoms with van der Waals surface area (Å²) in [5.74, 6) is -2.70. The van der Waals surface area contributed by atoms with Gasteiger partial charge in [-0.3, -0.25) is 14.5 Å². The van der Waals surface area contributed by atoms with Crippen molar-refractivity contribution in [2.45, 2.75) is 18.8 Å². The van der Waals surface area contributed by atoms with Gasteiger partial charge < -0.3 is 11.1 Å². The van der Waals surface area contributed by atoms with Crippen LogP contribution in [0, 0.1) is 0 Å². The van der Waals surface area contributed by atoms with E-state index in [1.165, 1.54) is 25.3 Å². The molecule has 1 unspecified atom stereocenters. The first-order valence-electron chi connectivity index (χ1n) is 5.67. The van der Waals surface area contributed by atoms with Gasteiger partial charge in [-0.2, -0.15) is 13.2 Å². The van der Waals surface area contributed by atoms with Gasteiger partial charge in [-0.1, -0.05) is 0 Å². The molecule has 9 heteroatoms. The van der Waals surface area contributed by atoms with Crippen LogP contribution in [0.5, 0.6) is 0 Å². The monoisotopic (exact) mass is 288 g/mol. The molecule has 0 aliphatic carbocycles. The molecule has 0 saturated carbocycles. The van der Waals surface area contributed by atoms with Gasteiger partial charge in [-0.05, 0) is 19.1 Å². The van der Waals surface area contributed by atoms with E-state index in [9.17, 15) is 22.8 Å². The Hall–Kier alpha value is -2.32. The molecule has 3 N–H and O–H groups in total. The van der Waals surface area contributed by atoms with Crippen LogP contribution in [0.3, 0.4) is 0 Å². The predicted molar refractivity (Wildman–Crippen MR) is 62.6 cm³/mol. The number of nitrogens with zero attached hydrogens (tertiary/aromatic N) is 2. The van der Waals surface area contributed by atoms with Crippen LogP contribution < -0.4 is 11.1 Å². The largest absolute Gasteiger partial charge is 0.440 e. The number of rotatable bonds is 2. The Morgan fingerprint density at radius 2 is 2.20 bits per heavy atom. The lowest BCUT2D eigenvalue weighted by atomic mass is 10.0. The van der Waals surface area contributed by atoms with Crippen molar-refractivity contribution in [3.8, 4) is 0 Å². The molecule has 0 aromatic carbocycles. The highest BCUT2D eigenvalue weighted by Gasteiger charge is 2.67. The summed E-state index contributed by atoms with van der Waals surface area (Å²) in [6.07, 6.45) is -3.80. The van der Waals surface area contributed by atoms with Crippen molar-refractivity contribution in [2.75, 3.05) is 11.9 Å². The predicted octanol–water partition coefficient (Wildman–Crippen LogP) is 0.713. The number of hydrogen-bond acceptors (Lipinski definition) is 4. The molecule has 108 valence electrons. The standard InChI is InChI=1S/C11H11F3N4O2/c1-2-18-8(19)7-6(4-3-5-16-7)17-10(18,9(15)20)11(12,13)14/h3-5,17H,2H2,1H3,(H2,15,20). The number of nitrogens with one attached hydrogen (secondary N) is 1. The summed E-state index contributed by atoms with van der Waals surface area (Å²) in [6.45, 7) is 0.960. The van der Waals surface area contributed by atoms with E-state index >= 15 is 0 Å². The summed E-state index contributed by atoms with van der Waals surface area (Å²) >= 11 is 0. The molecule has 2 rings (SSSR count). The third kappa shape index (κ3) is 1.69. The molecular formula is C11H11F3N4O2. The third-order valence-electron chi connectivity index (χ3n) is 3.06. The molecule has 0 bridgehead atoms. The number of pyridine rings is 1. The van der Waals surface area contributed by atoms with Crippen molar-refractivity contribution < 1.29 is 22.8 Å². The summed E-state index contributed by atoms with van der Waals surface area (Å²) in [5, 5.41) is 2.02. The molecule has 0 fully saturated rings. The minimum atomic E-state index is -5.07. The summed E-state index contributed by atoms with van der Waals surface area (Å²) in [4.78, 5) is 27.7. The van der Waals surface area contributed by atoms with Gasteiger partial charge in [0.2, 0.25) is 0 Å². The Bertz CT molecular complexity index is 575. The van der Waals surface area contributed by atoms with E-state index in [1.807, 2.05) is 5.32 Å². The van der Waals surface area contributed by atoms with Crippen LogP contribution in [0.4, 0.5) is 18.9 Å². The third-order valence-corrected chi connectivity index (χ3v) is 3.06. The molecule has 0 spiro atoms. The fourth-order valence-electron chi connectivity index (χ4n) is 2.16. The SMILES string of the molecule is CCN1C(=O)c2ncccc2NC1(C(N)=O)C(F)(F)F. The molecule has 1 aliphatic heterocycles. The number of anilines is 1. The van der Waals surface area contributed by atoms with Gasteiger partial charge in [-0.15, -0.1) is 0 Å². The molecule has 2 amide bonds. The van der Waals surface area contributed by atoms with E-state index in [-0.39, 0.29) is 17.9 Å². The first kappa shape index (κ1) is 14.1. The van der Waals surface area contributed by atoms with Crippen LogP contribution in [-0.4, -0.2) is 40.1 Å². The number of fused-ring (bicyclic) bond motifs is 1. The lowest BCUT2D eigenvalue weighted by Crippen LogP contribution is -2.73. The topological polar surface area (TPSA) is 88.3 Å². The molecule has 1 aromatic rings. The zero-order valence-electron chi connectivity index (χ0n) is 10.4. The number of carbonyl (C=O) groups excluding carboxylic acids is 2. The van der Waals surface area contributed by atoms with E-state index < -0.39 is 23.7 Å². The van der Waals surface area contributed by atoms with Gasteiger partial charge in [-0.25, -0.2) is 4.98 Å². The molecule has 6 nitrogen and oxygen atoms in total. The number of carbonyl (C=O) groups is 2. The van der Waals surface area contributed by atoms with E-state index in [0.717, 1.165) is 0 Å². The Kier molecular flexibility index (Phi) is 3.07. The number of nitrogens with two attached hydrogens (primary N) is 1. The molecule has 0 saturated heterocycles. The number of halogens is 3. The van der Waals surface area contributed by atoms with Crippen LogP contribution >= 0.6 is 0 Å². The highest BCUT2D eigenvalue weighted by atomic mass is 19.4. The zero-order chi connectivity index (χ0) is 15.1. The number of hydrogen-bond donors (Lipinski definition) is 2. The van der Waals surface area contributed by atoms with Crippen molar-refractivity contribution in [3.63, 3.8) is 0 Å². The summed E-state index contributed by atoms with van der Waals surface area (Å²) < 4.78 is 40.1. The average Bonchev–Trinajstić information content (AvgIpc) is 2.36. The van der Waals surface area contributed by atoms with Gasteiger partial charge in [0, 0.05) is 12.7 Å². The van der Waals surface area contributed by atoms with Crippen molar-refractivity contribution in [3.05, 3.63) is 24.0 Å². The van der Waals surface area contributed by atoms with Crippen molar-refractivity contribution >= 4 is 17.5 Å². The number of primary amides is 1. The number of likely N-dealkylation sites (N-methyl/N-ethyl adjacent to an activating group) is 1. The fraction of sp³-hybridized carbons (Fsp3) is 0.364. The maximum absolute atomic E-state index is 13.4. The maximum atomic E-state index is 13.4. The summed E-state index contributed by atoms with van der Waals surface area (Å²) in [7, 11) is 0. The molecule has 1 atom stereocenters. The van der Waals surface area contributed by atoms with Crippen molar-refractivity contribution in [1.29, 1.82) is 0 Å². The number of alkyl halides is 3. The molecule has 0 radical (unpaired) electrons. The first-order chi connectivity index (χ1) is 9.25. The van der Waals surface area contributed by atoms with Gasteiger partial charge >= 0.3 is 6.18 Å². The molecule has 1 aromatic heterocycles. The minimum Gasteiger partial charge on any atom is -0.366 e. The summed E-state index contributed by atoms with van der Waals surface area (Å²) in [5.41, 5.74) is 1.30. The Morgan fingerprint density at radius 3 is 2.70 bits per heavy atom. The van der Waals surface area contributed by atoms with Crippen molar-refractivity contribution in [2.24, 2.45) is 5.73 Å². The lowest BCUT2D eigenvalue weighted by molar-refractivity contribution is -0.212. The smallest absolute Gasteiger partial charge is 0.366 e. The van der Waals surface area contributed by atoms with Gasteiger partial charge in [0.05, 0.1) is 5.69 Å². The van der Waals surface area contributed by atoms with Gasteiger partial charge in [0.15, 0.2) is 5.69 Å². The molecular weight excluding hydrogens is 277 g/mol. The second-order valence-electron chi connectivity index (χ2n) is 4.15. The first-order valence-corrected chi connectivity index (χ1v) is 5.67. The Morgan fingerprint density at radius 1 is 1.55 bits per heavy atom. The van der Waals surface area contributed by atoms with Crippen LogP contribution in [0.2, 0.25) is 0 Å². The van der Waals surface area contributed by atoms with E-state index in [0.29, 0.717) is 4.90 Å². The molecule has 2 heterocycles. The minimum absolute atomic E-state index is 0.182. The second-order valence-corrected chi connectivity index (χ2v) is 4.15. The second kappa shape index (κ2) is 4.36. The quantitative estimate of drug-likeness (QED) is 0.839. The molecule has 20 heavy (non-hydrogen) atoms. The van der Waals surface area contributed by atoms with E-state index in [4.69, 9.17) is 5.73 Å². The van der Waals surface area contributed by atoms with Gasteiger partial charge in [0.1, 0.15) is 0 Å². The number of aromatic nitrogens is 1. The highest BCUT2D eigenvalue weighted by Crippen LogP contribution is 2.40. The Labute approximate surface area is 111 Å². The lowest BCUT2D eigenvalue weighted by Gasteiger charge is -2.45. The highest BCUT2D eigenvalue weighted by molar-refractivity contribution is 6.06.